The number of rotatable bonds is 11. The minimum atomic E-state index is 0.145. The SMILES string of the molecule is CCN(CC)CCCOc1ccc(Nc2nccc(N3OCCC3c3ccccc3)n2)cc1. The predicted octanol–water partition coefficient (Wildman–Crippen LogP) is 5.21. The van der Waals surface area contributed by atoms with E-state index in [1.807, 2.05) is 41.5 Å². The third kappa shape index (κ3) is 6.21. The van der Waals surface area contributed by atoms with E-state index in [4.69, 9.17) is 9.57 Å². The van der Waals surface area contributed by atoms with Crippen molar-refractivity contribution in [2.45, 2.75) is 32.7 Å². The Morgan fingerprint density at radius 2 is 1.85 bits per heavy atom. The van der Waals surface area contributed by atoms with Gasteiger partial charge in [-0.15, -0.1) is 0 Å². The van der Waals surface area contributed by atoms with Crippen molar-refractivity contribution in [1.82, 2.24) is 14.9 Å². The van der Waals surface area contributed by atoms with Gasteiger partial charge in [-0.3, -0.25) is 4.84 Å². The van der Waals surface area contributed by atoms with Crippen LogP contribution in [0.25, 0.3) is 0 Å². The normalized spacial score (nSPS) is 15.7. The van der Waals surface area contributed by atoms with E-state index in [1.165, 1.54) is 5.56 Å². The Hall–Kier alpha value is -3.16. The number of ether oxygens (including phenoxy) is 1. The predicted molar refractivity (Wildman–Crippen MR) is 132 cm³/mol. The van der Waals surface area contributed by atoms with Crippen LogP contribution in [0, 0.1) is 0 Å². The fourth-order valence-electron chi connectivity index (χ4n) is 3.99. The molecule has 1 saturated heterocycles. The minimum Gasteiger partial charge on any atom is -0.494 e. The van der Waals surface area contributed by atoms with Crippen molar-refractivity contribution < 1.29 is 9.57 Å². The number of hydrogen-bond donors (Lipinski definition) is 1. The molecule has 0 bridgehead atoms. The molecule has 0 radical (unpaired) electrons. The van der Waals surface area contributed by atoms with E-state index in [1.54, 1.807) is 6.20 Å². The maximum atomic E-state index is 5.90. The van der Waals surface area contributed by atoms with Crippen molar-refractivity contribution in [3.05, 3.63) is 72.4 Å². The molecule has 1 atom stereocenters. The second-order valence-electron chi connectivity index (χ2n) is 7.99. The molecule has 1 fully saturated rings. The van der Waals surface area contributed by atoms with Crippen LogP contribution >= 0.6 is 0 Å². The molecule has 0 saturated carbocycles. The van der Waals surface area contributed by atoms with Gasteiger partial charge >= 0.3 is 0 Å². The Balaban J connectivity index is 1.34. The Bertz CT molecular complexity index is 979. The molecule has 0 spiro atoms. The quantitative estimate of drug-likeness (QED) is 0.405. The summed E-state index contributed by atoms with van der Waals surface area (Å²) in [7, 11) is 0. The number of nitrogens with one attached hydrogen (secondary N) is 1. The van der Waals surface area contributed by atoms with Crippen LogP contribution in [-0.4, -0.2) is 47.7 Å². The molecule has 4 rings (SSSR count). The zero-order chi connectivity index (χ0) is 22.9. The highest BCUT2D eigenvalue weighted by Crippen LogP contribution is 2.34. The average Bonchev–Trinajstić information content (AvgIpc) is 3.36. The Labute approximate surface area is 196 Å². The zero-order valence-electron chi connectivity index (χ0n) is 19.5. The van der Waals surface area contributed by atoms with Crippen LogP contribution in [0.3, 0.4) is 0 Å². The Morgan fingerprint density at radius 1 is 1.06 bits per heavy atom. The van der Waals surface area contributed by atoms with Crippen molar-refractivity contribution in [3.63, 3.8) is 0 Å². The van der Waals surface area contributed by atoms with Crippen molar-refractivity contribution in [3.8, 4) is 5.75 Å². The molecule has 7 heteroatoms. The standard InChI is InChI=1S/C26H33N5O2/c1-3-30(4-2)18-8-19-32-23-13-11-22(12-14-23)28-26-27-17-15-25(29-26)31-24(16-20-33-31)21-9-6-5-7-10-21/h5-7,9-15,17,24H,3-4,8,16,18-20H2,1-2H3,(H,27,28,29). The molecule has 0 amide bonds. The summed E-state index contributed by atoms with van der Waals surface area (Å²) >= 11 is 0. The summed E-state index contributed by atoms with van der Waals surface area (Å²) in [6, 6.07) is 20.3. The van der Waals surface area contributed by atoms with Crippen molar-refractivity contribution >= 4 is 17.5 Å². The summed E-state index contributed by atoms with van der Waals surface area (Å²) in [6.45, 7) is 8.99. The third-order valence-electron chi connectivity index (χ3n) is 5.85. The molecule has 1 unspecified atom stereocenters. The molecule has 7 nitrogen and oxygen atoms in total. The highest BCUT2D eigenvalue weighted by Gasteiger charge is 2.28. The lowest BCUT2D eigenvalue weighted by Crippen LogP contribution is -2.25. The van der Waals surface area contributed by atoms with Crippen LogP contribution in [0.1, 0.15) is 38.3 Å². The molecule has 3 aromatic rings. The largest absolute Gasteiger partial charge is 0.494 e. The number of anilines is 3. The highest BCUT2D eigenvalue weighted by molar-refractivity contribution is 5.56. The van der Waals surface area contributed by atoms with Crippen LogP contribution in [-0.2, 0) is 4.84 Å². The van der Waals surface area contributed by atoms with Gasteiger partial charge in [0.2, 0.25) is 5.95 Å². The van der Waals surface area contributed by atoms with Crippen LogP contribution in [0.15, 0.2) is 66.9 Å². The van der Waals surface area contributed by atoms with Gasteiger partial charge in [-0.2, -0.15) is 4.98 Å². The van der Waals surface area contributed by atoms with Crippen LogP contribution in [0.4, 0.5) is 17.5 Å². The molecular weight excluding hydrogens is 414 g/mol. The average molecular weight is 448 g/mol. The van der Waals surface area contributed by atoms with Gasteiger partial charge in [-0.1, -0.05) is 44.2 Å². The molecule has 1 aromatic heterocycles. The van der Waals surface area contributed by atoms with Gasteiger partial charge in [0.25, 0.3) is 0 Å². The van der Waals surface area contributed by atoms with E-state index >= 15 is 0 Å². The molecule has 1 N–H and O–H groups in total. The van der Waals surface area contributed by atoms with E-state index in [2.05, 4.69) is 58.3 Å². The summed E-state index contributed by atoms with van der Waals surface area (Å²) < 4.78 is 5.88. The van der Waals surface area contributed by atoms with Crippen LogP contribution in [0.2, 0.25) is 0 Å². The molecule has 2 heterocycles. The molecule has 0 aliphatic carbocycles. The number of aromatic nitrogens is 2. The first-order chi connectivity index (χ1) is 16.3. The fourth-order valence-corrected chi connectivity index (χ4v) is 3.99. The van der Waals surface area contributed by atoms with E-state index in [0.717, 1.165) is 49.7 Å². The first-order valence-corrected chi connectivity index (χ1v) is 11.8. The maximum absolute atomic E-state index is 5.90. The Morgan fingerprint density at radius 3 is 2.61 bits per heavy atom. The topological polar surface area (TPSA) is 62.8 Å². The molecule has 33 heavy (non-hydrogen) atoms. The summed E-state index contributed by atoms with van der Waals surface area (Å²) in [5.41, 5.74) is 2.13. The van der Waals surface area contributed by atoms with Crippen molar-refractivity contribution in [2.24, 2.45) is 0 Å². The van der Waals surface area contributed by atoms with Gasteiger partial charge in [-0.05, 0) is 49.3 Å². The van der Waals surface area contributed by atoms with Crippen molar-refractivity contribution in [2.75, 3.05) is 43.2 Å². The van der Waals surface area contributed by atoms with Gasteiger partial charge in [0.1, 0.15) is 5.75 Å². The third-order valence-corrected chi connectivity index (χ3v) is 5.85. The number of nitrogens with zero attached hydrogens (tertiary/aromatic N) is 4. The van der Waals surface area contributed by atoms with E-state index in [0.29, 0.717) is 19.2 Å². The summed E-state index contributed by atoms with van der Waals surface area (Å²) in [4.78, 5) is 17.4. The number of hydrogen-bond acceptors (Lipinski definition) is 7. The van der Waals surface area contributed by atoms with Gasteiger partial charge in [0.05, 0.1) is 19.3 Å². The van der Waals surface area contributed by atoms with E-state index in [-0.39, 0.29) is 6.04 Å². The van der Waals surface area contributed by atoms with E-state index < -0.39 is 0 Å². The van der Waals surface area contributed by atoms with Gasteiger partial charge in [0.15, 0.2) is 5.82 Å². The molecular formula is C26H33N5O2. The summed E-state index contributed by atoms with van der Waals surface area (Å²) in [5.74, 6) is 2.14. The fraction of sp³-hybridized carbons (Fsp3) is 0.385. The Kier molecular flexibility index (Phi) is 8.11. The second kappa shape index (κ2) is 11.6. The zero-order valence-corrected chi connectivity index (χ0v) is 19.5. The molecule has 2 aromatic carbocycles. The highest BCUT2D eigenvalue weighted by atomic mass is 16.7. The first-order valence-electron chi connectivity index (χ1n) is 11.8. The minimum absolute atomic E-state index is 0.145. The van der Waals surface area contributed by atoms with Gasteiger partial charge in [-0.25, -0.2) is 10.0 Å². The van der Waals surface area contributed by atoms with Crippen molar-refractivity contribution in [1.29, 1.82) is 0 Å². The lowest BCUT2D eigenvalue weighted by Gasteiger charge is -2.24. The molecule has 174 valence electrons. The summed E-state index contributed by atoms with van der Waals surface area (Å²) in [6.07, 6.45) is 3.69. The lowest BCUT2D eigenvalue weighted by molar-refractivity contribution is 0.157. The van der Waals surface area contributed by atoms with Crippen LogP contribution in [0.5, 0.6) is 5.75 Å². The molecule has 1 aliphatic rings. The number of benzene rings is 2. The van der Waals surface area contributed by atoms with Crippen LogP contribution < -0.4 is 15.1 Å². The van der Waals surface area contributed by atoms with Gasteiger partial charge in [0, 0.05) is 30.9 Å². The smallest absolute Gasteiger partial charge is 0.229 e. The maximum Gasteiger partial charge on any atom is 0.229 e. The summed E-state index contributed by atoms with van der Waals surface area (Å²) in [5, 5.41) is 5.17. The second-order valence-corrected chi connectivity index (χ2v) is 7.99. The van der Waals surface area contributed by atoms with Gasteiger partial charge < -0.3 is 15.0 Å². The monoisotopic (exact) mass is 447 g/mol. The molecule has 1 aliphatic heterocycles. The number of hydroxylamine groups is 1. The lowest BCUT2D eigenvalue weighted by atomic mass is 10.0. The van der Waals surface area contributed by atoms with E-state index in [9.17, 15) is 0 Å². The first kappa shape index (κ1) is 23.0.